The number of aryl methyl sites for hydroxylation is 2. The summed E-state index contributed by atoms with van der Waals surface area (Å²) in [4.78, 5) is 9.95. The van der Waals surface area contributed by atoms with Crippen LogP contribution in [0.1, 0.15) is 58.3 Å². The highest BCUT2D eigenvalue weighted by Crippen LogP contribution is 2.65. The monoisotopic (exact) mass is 590 g/mol. The van der Waals surface area contributed by atoms with E-state index in [1.165, 1.54) is 26.0 Å². The molecule has 0 unspecified atom stereocenters. The molecule has 0 radical (unpaired) electrons. The molecule has 3 aliphatic rings. The summed E-state index contributed by atoms with van der Waals surface area (Å²) in [7, 11) is 0. The van der Waals surface area contributed by atoms with Crippen molar-refractivity contribution in [2.75, 3.05) is 13.2 Å². The molecule has 4 nitrogen and oxygen atoms in total. The van der Waals surface area contributed by atoms with Gasteiger partial charge in [0.2, 0.25) is 11.8 Å². The van der Waals surface area contributed by atoms with Gasteiger partial charge in [0.15, 0.2) is 0 Å². The summed E-state index contributed by atoms with van der Waals surface area (Å²) in [6.07, 6.45) is 0. The predicted molar refractivity (Wildman–Crippen MR) is 142 cm³/mol. The van der Waals surface area contributed by atoms with Gasteiger partial charge in [0.1, 0.15) is 13.2 Å². The summed E-state index contributed by atoms with van der Waals surface area (Å²) in [6, 6.07) is 2.13. The molecular weight excluding hydrogens is 562 g/mol. The third-order valence-electron chi connectivity index (χ3n) is 7.35. The highest BCUT2D eigenvalue weighted by Gasteiger charge is 2.80. The Kier molecular flexibility index (Phi) is 6.77. The van der Waals surface area contributed by atoms with Gasteiger partial charge < -0.3 is 9.47 Å². The summed E-state index contributed by atoms with van der Waals surface area (Å²) >= 11 is 1.99. The summed E-state index contributed by atoms with van der Waals surface area (Å²) in [5.41, 5.74) is -3.49. The van der Waals surface area contributed by atoms with E-state index in [0.717, 1.165) is 22.7 Å². The lowest BCUT2D eigenvalue weighted by molar-refractivity contribution is -0.254. The minimum Gasteiger partial charge on any atom is -0.475 e. The van der Waals surface area contributed by atoms with Crippen LogP contribution in [0.3, 0.4) is 0 Å². The lowest BCUT2D eigenvalue weighted by Gasteiger charge is -2.25. The number of hydrogen-bond donors (Lipinski definition) is 0. The van der Waals surface area contributed by atoms with Crippen LogP contribution in [0.25, 0.3) is 11.1 Å². The maximum atomic E-state index is 15.4. The van der Waals surface area contributed by atoms with Crippen molar-refractivity contribution in [1.29, 1.82) is 0 Å². The standard InChI is InChI=1S/C27H28F6N2O2S2/c1-11(2)17-9-36-23(34-17)19-7-15(13(5)38-19)21-22(26(30,31)27(32,33)25(21,28)29)16-8-20(39-14(16)6)24-35-18(10-37-24)12(3)4/h7-8,11-12,17-18H,9-10H2,1-6H3/t17-,18-/m1/s1. The summed E-state index contributed by atoms with van der Waals surface area (Å²) in [5.74, 6) is -15.2. The summed E-state index contributed by atoms with van der Waals surface area (Å²) < 4.78 is 103. The second-order valence-corrected chi connectivity index (χ2v) is 13.3. The number of thiophene rings is 2. The van der Waals surface area contributed by atoms with Gasteiger partial charge in [0.25, 0.3) is 0 Å². The number of aliphatic imine (C=N–C) groups is 2. The normalized spacial score (nSPS) is 25.4. The van der Waals surface area contributed by atoms with Crippen molar-refractivity contribution < 1.29 is 35.8 Å². The molecule has 12 heteroatoms. The zero-order valence-electron chi connectivity index (χ0n) is 22.2. The first kappa shape index (κ1) is 28.2. The van der Waals surface area contributed by atoms with Crippen LogP contribution in [-0.4, -0.2) is 54.9 Å². The molecule has 0 spiro atoms. The van der Waals surface area contributed by atoms with Crippen LogP contribution >= 0.6 is 22.7 Å². The van der Waals surface area contributed by atoms with Crippen LogP contribution in [0.4, 0.5) is 26.3 Å². The molecule has 0 amide bonds. The fourth-order valence-corrected chi connectivity index (χ4v) is 6.79. The zero-order chi connectivity index (χ0) is 28.7. The summed E-state index contributed by atoms with van der Waals surface area (Å²) in [6.45, 7) is 11.3. The molecule has 5 rings (SSSR count). The predicted octanol–water partition coefficient (Wildman–Crippen LogP) is 7.86. The molecule has 39 heavy (non-hydrogen) atoms. The van der Waals surface area contributed by atoms with Crippen LogP contribution < -0.4 is 0 Å². The molecule has 2 aromatic heterocycles. The van der Waals surface area contributed by atoms with Crippen LogP contribution in [-0.2, 0) is 9.47 Å². The van der Waals surface area contributed by atoms with Crippen molar-refractivity contribution in [1.82, 2.24) is 0 Å². The van der Waals surface area contributed by atoms with Gasteiger partial charge in [-0.3, -0.25) is 0 Å². The fraction of sp³-hybridized carbons (Fsp3) is 0.556. The van der Waals surface area contributed by atoms with Gasteiger partial charge in [-0.2, -0.15) is 26.3 Å². The van der Waals surface area contributed by atoms with E-state index in [1.54, 1.807) is 0 Å². The van der Waals surface area contributed by atoms with Crippen molar-refractivity contribution in [3.63, 3.8) is 0 Å². The minimum absolute atomic E-state index is 0.148. The van der Waals surface area contributed by atoms with Gasteiger partial charge in [-0.1, -0.05) is 27.7 Å². The quantitative estimate of drug-likeness (QED) is 0.322. The van der Waals surface area contributed by atoms with E-state index >= 15 is 17.6 Å². The molecule has 0 bridgehead atoms. The molecule has 0 saturated carbocycles. The molecule has 1 aliphatic carbocycles. The van der Waals surface area contributed by atoms with Crippen molar-refractivity contribution >= 4 is 45.6 Å². The number of hydrogen-bond acceptors (Lipinski definition) is 6. The Morgan fingerprint density at radius 3 is 1.38 bits per heavy atom. The Hall–Kier alpha value is -2.34. The molecule has 2 atom stereocenters. The Morgan fingerprint density at radius 1 is 0.718 bits per heavy atom. The van der Waals surface area contributed by atoms with E-state index in [2.05, 4.69) is 9.98 Å². The minimum atomic E-state index is -5.64. The molecule has 2 aliphatic heterocycles. The Morgan fingerprint density at radius 2 is 1.08 bits per heavy atom. The maximum Gasteiger partial charge on any atom is 0.380 e. The third-order valence-corrected chi connectivity index (χ3v) is 9.43. The van der Waals surface area contributed by atoms with Crippen molar-refractivity contribution in [3.8, 4) is 0 Å². The lowest BCUT2D eigenvalue weighted by Crippen LogP contribution is -2.48. The molecule has 0 aromatic carbocycles. The first-order chi connectivity index (χ1) is 18.1. The van der Waals surface area contributed by atoms with E-state index in [1.807, 2.05) is 27.7 Å². The van der Waals surface area contributed by atoms with E-state index in [4.69, 9.17) is 9.47 Å². The lowest BCUT2D eigenvalue weighted by atomic mass is 9.95. The first-order valence-electron chi connectivity index (χ1n) is 12.6. The molecule has 0 N–H and O–H groups in total. The van der Waals surface area contributed by atoms with E-state index in [9.17, 15) is 8.78 Å². The Bertz CT molecular complexity index is 1300. The van der Waals surface area contributed by atoms with Gasteiger partial charge in [0, 0.05) is 20.9 Å². The van der Waals surface area contributed by atoms with E-state index < -0.39 is 28.9 Å². The van der Waals surface area contributed by atoms with Crippen molar-refractivity contribution in [2.45, 2.75) is 71.4 Å². The van der Waals surface area contributed by atoms with Crippen LogP contribution in [0.5, 0.6) is 0 Å². The number of rotatable bonds is 6. The van der Waals surface area contributed by atoms with Crippen molar-refractivity contribution in [3.05, 3.63) is 42.8 Å². The van der Waals surface area contributed by atoms with Gasteiger partial charge >= 0.3 is 17.8 Å². The largest absolute Gasteiger partial charge is 0.475 e. The van der Waals surface area contributed by atoms with Gasteiger partial charge in [0.05, 0.1) is 21.8 Å². The molecule has 4 heterocycles. The Labute approximate surface area is 230 Å². The molecule has 0 fully saturated rings. The first-order valence-corrected chi connectivity index (χ1v) is 14.2. The number of ether oxygens (including phenoxy) is 2. The molecular formula is C27H28F6N2O2S2. The third kappa shape index (κ3) is 4.24. The maximum absolute atomic E-state index is 15.4. The number of allylic oxidation sites excluding steroid dienone is 2. The van der Waals surface area contributed by atoms with E-state index in [-0.39, 0.29) is 56.6 Å². The smallest absolute Gasteiger partial charge is 0.380 e. The average Bonchev–Trinajstić information content (AvgIpc) is 3.63. The van der Waals surface area contributed by atoms with Gasteiger partial charge in [-0.05, 0) is 48.9 Å². The van der Waals surface area contributed by atoms with Crippen LogP contribution in [0.2, 0.25) is 0 Å². The second-order valence-electron chi connectivity index (χ2n) is 10.7. The molecule has 0 saturated heterocycles. The average molecular weight is 591 g/mol. The number of halogens is 6. The number of nitrogens with zero attached hydrogens (tertiary/aromatic N) is 2. The van der Waals surface area contributed by atoms with Crippen molar-refractivity contribution in [2.24, 2.45) is 21.8 Å². The fourth-order valence-electron chi connectivity index (χ4n) is 4.84. The number of alkyl halides is 6. The highest BCUT2D eigenvalue weighted by atomic mass is 32.1. The van der Waals surface area contributed by atoms with Crippen LogP contribution in [0, 0.1) is 25.7 Å². The highest BCUT2D eigenvalue weighted by molar-refractivity contribution is 7.14. The Balaban J connectivity index is 1.68. The second kappa shape index (κ2) is 9.36. The summed E-state index contributed by atoms with van der Waals surface area (Å²) in [5, 5.41) is 0. The van der Waals surface area contributed by atoms with Crippen LogP contribution in [0.15, 0.2) is 22.1 Å². The topological polar surface area (TPSA) is 43.2 Å². The van der Waals surface area contributed by atoms with E-state index in [0.29, 0.717) is 23.0 Å². The van der Waals surface area contributed by atoms with Gasteiger partial charge in [-0.15, -0.1) is 22.7 Å². The zero-order valence-corrected chi connectivity index (χ0v) is 23.8. The molecule has 2 aromatic rings. The SMILES string of the molecule is Cc1sc(C2=N[C@@H](C(C)C)CO2)cc1C1=C(c2cc(C3=N[C@@H](C(C)C)CO3)sc2C)C(F)(F)C(F)(F)C1(F)F. The van der Waals surface area contributed by atoms with Gasteiger partial charge in [-0.25, -0.2) is 9.98 Å². The molecule has 212 valence electrons.